The van der Waals surface area contributed by atoms with Crippen LogP contribution in [0, 0.1) is 5.92 Å². The van der Waals surface area contributed by atoms with E-state index in [-0.39, 0.29) is 23.8 Å². The zero-order valence-corrected chi connectivity index (χ0v) is 17.8. The second-order valence-corrected chi connectivity index (χ2v) is 8.67. The Kier molecular flexibility index (Phi) is 5.34. The summed E-state index contributed by atoms with van der Waals surface area (Å²) in [4.78, 5) is 27.8. The summed E-state index contributed by atoms with van der Waals surface area (Å²) >= 11 is 0. The number of carbonyl (C=O) groups is 1. The van der Waals surface area contributed by atoms with E-state index in [1.807, 2.05) is 0 Å². The molecule has 1 aliphatic heterocycles. The topological polar surface area (TPSA) is 68.3 Å². The predicted octanol–water partition coefficient (Wildman–Crippen LogP) is 4.52. The molecule has 3 heterocycles. The van der Waals surface area contributed by atoms with E-state index in [1.165, 1.54) is 24.4 Å². The van der Waals surface area contributed by atoms with Gasteiger partial charge in [-0.2, -0.15) is 13.2 Å². The van der Waals surface area contributed by atoms with E-state index in [2.05, 4.69) is 5.16 Å². The number of benzene rings is 1. The van der Waals surface area contributed by atoms with Gasteiger partial charge < -0.3 is 14.0 Å². The quantitative estimate of drug-likeness (QED) is 0.578. The zero-order chi connectivity index (χ0) is 23.2. The van der Waals surface area contributed by atoms with Crippen molar-refractivity contribution >= 4 is 5.91 Å². The monoisotopic (exact) mass is 457 g/mol. The first-order valence-corrected chi connectivity index (χ1v) is 10.9. The number of hydrogen-bond donors (Lipinski definition) is 0. The number of nitrogens with zero attached hydrogens (tertiary/aromatic N) is 3. The second-order valence-electron chi connectivity index (χ2n) is 8.67. The Balaban J connectivity index is 1.54. The number of halogens is 3. The van der Waals surface area contributed by atoms with Crippen LogP contribution < -0.4 is 5.56 Å². The van der Waals surface area contributed by atoms with Crippen LogP contribution in [0.15, 0.2) is 51.9 Å². The molecule has 0 N–H and O–H groups in total. The van der Waals surface area contributed by atoms with Crippen molar-refractivity contribution in [3.8, 4) is 11.1 Å². The third-order valence-corrected chi connectivity index (χ3v) is 6.59. The van der Waals surface area contributed by atoms with Crippen molar-refractivity contribution in [1.29, 1.82) is 0 Å². The highest BCUT2D eigenvalue weighted by atomic mass is 19.4. The van der Waals surface area contributed by atoms with Crippen LogP contribution in [0.2, 0.25) is 0 Å². The Morgan fingerprint density at radius 2 is 1.91 bits per heavy atom. The average molecular weight is 457 g/mol. The fourth-order valence-electron chi connectivity index (χ4n) is 4.55. The van der Waals surface area contributed by atoms with Crippen molar-refractivity contribution in [2.75, 3.05) is 6.54 Å². The molecule has 33 heavy (non-hydrogen) atoms. The average Bonchev–Trinajstić information content (AvgIpc) is 3.30. The molecule has 0 unspecified atom stereocenters. The van der Waals surface area contributed by atoms with Gasteiger partial charge >= 0.3 is 6.18 Å². The van der Waals surface area contributed by atoms with Crippen LogP contribution in [0.25, 0.3) is 11.1 Å². The molecule has 2 aliphatic rings. The third kappa shape index (κ3) is 4.07. The number of hydrogen-bond acceptors (Lipinski definition) is 4. The van der Waals surface area contributed by atoms with E-state index >= 15 is 0 Å². The molecule has 1 fully saturated rings. The van der Waals surface area contributed by atoms with Crippen LogP contribution in [0.1, 0.15) is 46.6 Å². The molecule has 1 aliphatic carbocycles. The van der Waals surface area contributed by atoms with Crippen molar-refractivity contribution in [3.63, 3.8) is 0 Å². The number of alkyl halides is 3. The molecule has 0 atom stereocenters. The van der Waals surface area contributed by atoms with Crippen LogP contribution in [0.5, 0.6) is 0 Å². The van der Waals surface area contributed by atoms with Crippen molar-refractivity contribution < 1.29 is 22.5 Å². The first kappa shape index (κ1) is 21.5. The summed E-state index contributed by atoms with van der Waals surface area (Å²) in [7, 11) is 0. The summed E-state index contributed by atoms with van der Waals surface area (Å²) in [6, 6.07) is 7.87. The molecule has 0 radical (unpaired) electrons. The molecular weight excluding hydrogens is 435 g/mol. The van der Waals surface area contributed by atoms with E-state index in [4.69, 9.17) is 4.52 Å². The number of rotatable bonds is 4. The molecule has 1 aromatic carbocycles. The molecule has 0 saturated heterocycles. The SMILES string of the molecule is O=C(c1ccno1)N1CCc2c(cc(-c3ccc(C(F)(F)F)cc3)c(=O)n2CC2CCC2)C1. The smallest absolute Gasteiger partial charge is 0.351 e. The molecule has 172 valence electrons. The number of fused-ring (bicyclic) bond motifs is 1. The van der Waals surface area contributed by atoms with E-state index < -0.39 is 11.7 Å². The van der Waals surface area contributed by atoms with E-state index in [1.54, 1.807) is 15.5 Å². The summed E-state index contributed by atoms with van der Waals surface area (Å²) in [5.74, 6) is 0.277. The van der Waals surface area contributed by atoms with Gasteiger partial charge in [0.05, 0.1) is 11.8 Å². The van der Waals surface area contributed by atoms with Gasteiger partial charge in [0, 0.05) is 43.4 Å². The van der Waals surface area contributed by atoms with Gasteiger partial charge in [0.15, 0.2) is 0 Å². The van der Waals surface area contributed by atoms with Crippen molar-refractivity contribution in [2.24, 2.45) is 5.92 Å². The summed E-state index contributed by atoms with van der Waals surface area (Å²) in [6.07, 6.45) is 0.734. The Morgan fingerprint density at radius 1 is 1.15 bits per heavy atom. The van der Waals surface area contributed by atoms with Crippen LogP contribution >= 0.6 is 0 Å². The summed E-state index contributed by atoms with van der Waals surface area (Å²) < 4.78 is 45.8. The molecule has 1 amide bonds. The van der Waals surface area contributed by atoms with Crippen molar-refractivity contribution in [3.05, 3.63) is 75.5 Å². The summed E-state index contributed by atoms with van der Waals surface area (Å²) in [5.41, 5.74) is 1.53. The second kappa shape index (κ2) is 8.20. The Hall–Kier alpha value is -3.36. The molecule has 9 heteroatoms. The molecule has 2 aromatic heterocycles. The lowest BCUT2D eigenvalue weighted by Crippen LogP contribution is -2.40. The number of carbonyl (C=O) groups excluding carboxylic acids is 1. The Labute approximate surface area is 187 Å². The minimum Gasteiger partial charge on any atom is -0.351 e. The third-order valence-electron chi connectivity index (χ3n) is 6.59. The summed E-state index contributed by atoms with van der Waals surface area (Å²) in [6.45, 7) is 1.31. The van der Waals surface area contributed by atoms with Crippen LogP contribution in [-0.4, -0.2) is 27.1 Å². The molecule has 3 aromatic rings. The molecule has 6 nitrogen and oxygen atoms in total. The maximum atomic E-state index is 13.4. The van der Waals surface area contributed by atoms with E-state index in [0.29, 0.717) is 36.6 Å². The van der Waals surface area contributed by atoms with Crippen LogP contribution in [-0.2, 0) is 25.7 Å². The molecule has 0 spiro atoms. The van der Waals surface area contributed by atoms with Gasteiger partial charge in [-0.25, -0.2) is 0 Å². The minimum atomic E-state index is -4.44. The Morgan fingerprint density at radius 3 is 2.52 bits per heavy atom. The standard InChI is InChI=1S/C24H22F3N3O3/c25-24(26,27)18-6-4-16(5-7-18)19-12-17-14-29(23(32)21-8-10-28-33-21)11-9-20(17)30(22(19)31)13-15-2-1-3-15/h4-8,10,12,15H,1-3,9,11,13-14H2. The summed E-state index contributed by atoms with van der Waals surface area (Å²) in [5, 5.41) is 3.59. The van der Waals surface area contributed by atoms with Gasteiger partial charge in [0.25, 0.3) is 11.5 Å². The van der Waals surface area contributed by atoms with Gasteiger partial charge in [-0.15, -0.1) is 0 Å². The fraction of sp³-hybridized carbons (Fsp3) is 0.375. The highest BCUT2D eigenvalue weighted by molar-refractivity contribution is 5.91. The van der Waals surface area contributed by atoms with Gasteiger partial charge in [0.1, 0.15) is 0 Å². The molecular formula is C24H22F3N3O3. The van der Waals surface area contributed by atoms with E-state index in [9.17, 15) is 22.8 Å². The first-order chi connectivity index (χ1) is 15.8. The number of pyridine rings is 1. The lowest BCUT2D eigenvalue weighted by molar-refractivity contribution is -0.137. The normalized spacial score (nSPS) is 16.4. The largest absolute Gasteiger partial charge is 0.416 e. The predicted molar refractivity (Wildman–Crippen MR) is 113 cm³/mol. The van der Waals surface area contributed by atoms with Gasteiger partial charge in [0.2, 0.25) is 5.76 Å². The zero-order valence-electron chi connectivity index (χ0n) is 17.8. The van der Waals surface area contributed by atoms with Crippen LogP contribution in [0.4, 0.5) is 13.2 Å². The van der Waals surface area contributed by atoms with Gasteiger partial charge in [-0.3, -0.25) is 9.59 Å². The van der Waals surface area contributed by atoms with Crippen molar-refractivity contribution in [2.45, 2.75) is 44.9 Å². The molecule has 0 bridgehead atoms. The number of amides is 1. The highest BCUT2D eigenvalue weighted by Gasteiger charge is 2.31. The number of aromatic nitrogens is 2. The highest BCUT2D eigenvalue weighted by Crippen LogP contribution is 2.33. The Bertz CT molecular complexity index is 1230. The first-order valence-electron chi connectivity index (χ1n) is 10.9. The minimum absolute atomic E-state index is 0.143. The maximum absolute atomic E-state index is 13.4. The maximum Gasteiger partial charge on any atom is 0.416 e. The lowest BCUT2D eigenvalue weighted by atomic mass is 9.85. The van der Waals surface area contributed by atoms with E-state index in [0.717, 1.165) is 42.7 Å². The fourth-order valence-corrected chi connectivity index (χ4v) is 4.55. The molecule has 5 rings (SSSR count). The molecule has 1 saturated carbocycles. The van der Waals surface area contributed by atoms with Gasteiger partial charge in [-0.05, 0) is 48.1 Å². The lowest BCUT2D eigenvalue weighted by Gasteiger charge is -2.33. The van der Waals surface area contributed by atoms with Gasteiger partial charge in [-0.1, -0.05) is 23.7 Å². The van der Waals surface area contributed by atoms with Crippen molar-refractivity contribution in [1.82, 2.24) is 14.6 Å². The van der Waals surface area contributed by atoms with Crippen LogP contribution in [0.3, 0.4) is 0 Å².